The van der Waals surface area contributed by atoms with Gasteiger partial charge in [-0.15, -0.1) is 0 Å². The Morgan fingerprint density at radius 3 is 2.29 bits per heavy atom. The lowest BCUT2D eigenvalue weighted by Crippen LogP contribution is -2.37. The number of amides is 1. The van der Waals surface area contributed by atoms with Crippen molar-refractivity contribution in [2.75, 3.05) is 40.5 Å². The molecule has 0 spiro atoms. The average molecular weight is 345 g/mol. The third-order valence-corrected chi connectivity index (χ3v) is 4.22. The van der Waals surface area contributed by atoms with Crippen molar-refractivity contribution in [2.45, 2.75) is 18.5 Å². The smallest absolute Gasteiger partial charge is 0.383 e. The van der Waals surface area contributed by atoms with Crippen LogP contribution in [0.4, 0.5) is 13.2 Å². The van der Waals surface area contributed by atoms with Gasteiger partial charge in [-0.25, -0.2) is 0 Å². The Hall–Kier alpha value is -1.60. The molecular formula is C17H22F3NO3. The summed E-state index contributed by atoms with van der Waals surface area (Å²) in [5.41, 5.74) is -0.438. The zero-order valence-corrected chi connectivity index (χ0v) is 13.8. The first kappa shape index (κ1) is 18.7. The van der Waals surface area contributed by atoms with E-state index < -0.39 is 17.7 Å². The maximum absolute atomic E-state index is 13.1. The van der Waals surface area contributed by atoms with Gasteiger partial charge in [0, 0.05) is 33.2 Å². The molecule has 1 saturated carbocycles. The summed E-state index contributed by atoms with van der Waals surface area (Å²) in [5, 5.41) is 0. The van der Waals surface area contributed by atoms with Crippen LogP contribution in [0.3, 0.4) is 0 Å². The molecule has 1 amide bonds. The molecule has 7 heteroatoms. The number of methoxy groups -OCH3 is 2. The minimum atomic E-state index is -4.40. The number of nitrogens with zero attached hydrogens (tertiary/aromatic N) is 1. The number of carbonyl (C=O) groups excluding carboxylic acids is 1. The van der Waals surface area contributed by atoms with Crippen LogP contribution >= 0.6 is 0 Å². The number of rotatable bonds is 8. The maximum Gasteiger partial charge on any atom is 0.416 e. The molecule has 24 heavy (non-hydrogen) atoms. The zero-order valence-electron chi connectivity index (χ0n) is 13.8. The van der Waals surface area contributed by atoms with E-state index in [4.69, 9.17) is 9.47 Å². The second kappa shape index (κ2) is 7.98. The van der Waals surface area contributed by atoms with Crippen molar-refractivity contribution in [1.29, 1.82) is 0 Å². The molecule has 0 radical (unpaired) electrons. The fourth-order valence-electron chi connectivity index (χ4n) is 2.86. The summed E-state index contributed by atoms with van der Waals surface area (Å²) >= 11 is 0. The molecule has 134 valence electrons. The first-order chi connectivity index (χ1) is 11.4. The summed E-state index contributed by atoms with van der Waals surface area (Å²) in [6.07, 6.45) is -3.96. The fraction of sp³-hybridized carbons (Fsp3) is 0.588. The summed E-state index contributed by atoms with van der Waals surface area (Å²) in [4.78, 5) is 14.2. The normalized spacial score (nSPS) is 20.0. The van der Waals surface area contributed by atoms with Crippen LogP contribution in [0.1, 0.15) is 23.5 Å². The van der Waals surface area contributed by atoms with Gasteiger partial charge >= 0.3 is 6.18 Å². The standard InChI is InChI=1S/C17H22F3NO3/c1-23-9-7-21(8-10-24-2)16(22)14-11-13(14)12-5-3-4-6-15(12)17(18,19)20/h3-6,13-14H,7-11H2,1-2H3. The van der Waals surface area contributed by atoms with E-state index in [0.29, 0.717) is 32.7 Å². The van der Waals surface area contributed by atoms with Crippen molar-refractivity contribution in [3.8, 4) is 0 Å². The number of hydrogen-bond acceptors (Lipinski definition) is 3. The molecule has 4 nitrogen and oxygen atoms in total. The molecule has 0 aromatic heterocycles. The van der Waals surface area contributed by atoms with Crippen LogP contribution in [0, 0.1) is 5.92 Å². The third kappa shape index (κ3) is 4.48. The molecule has 1 aliphatic rings. The van der Waals surface area contributed by atoms with Gasteiger partial charge < -0.3 is 14.4 Å². The molecule has 2 unspecified atom stereocenters. The van der Waals surface area contributed by atoms with Gasteiger partial charge in [0.15, 0.2) is 0 Å². The highest BCUT2D eigenvalue weighted by Crippen LogP contribution is 2.51. The number of hydrogen-bond donors (Lipinski definition) is 0. The number of halogens is 3. The second-order valence-corrected chi connectivity index (χ2v) is 5.84. The Morgan fingerprint density at radius 2 is 1.75 bits per heavy atom. The summed E-state index contributed by atoms with van der Waals surface area (Å²) in [6, 6.07) is 5.49. The minimum Gasteiger partial charge on any atom is -0.383 e. The van der Waals surface area contributed by atoms with E-state index in [2.05, 4.69) is 0 Å². The maximum atomic E-state index is 13.1. The average Bonchev–Trinajstić information content (AvgIpc) is 3.34. The van der Waals surface area contributed by atoms with Gasteiger partial charge in [-0.3, -0.25) is 4.79 Å². The van der Waals surface area contributed by atoms with E-state index >= 15 is 0 Å². The SMILES string of the molecule is COCCN(CCOC)C(=O)C1CC1c1ccccc1C(F)(F)F. The molecule has 1 aromatic rings. The first-order valence-electron chi connectivity index (χ1n) is 7.83. The van der Waals surface area contributed by atoms with Crippen molar-refractivity contribution >= 4 is 5.91 Å². The van der Waals surface area contributed by atoms with Gasteiger partial charge in [0.25, 0.3) is 0 Å². The summed E-state index contributed by atoms with van der Waals surface area (Å²) in [7, 11) is 3.08. The molecule has 0 bridgehead atoms. The summed E-state index contributed by atoms with van der Waals surface area (Å²) < 4.78 is 49.4. The lowest BCUT2D eigenvalue weighted by molar-refractivity contribution is -0.139. The molecule has 2 rings (SSSR count). The fourth-order valence-corrected chi connectivity index (χ4v) is 2.86. The highest BCUT2D eigenvalue weighted by Gasteiger charge is 2.48. The molecule has 0 aliphatic heterocycles. The van der Waals surface area contributed by atoms with Crippen molar-refractivity contribution < 1.29 is 27.4 Å². The second-order valence-electron chi connectivity index (χ2n) is 5.84. The van der Waals surface area contributed by atoms with Gasteiger partial charge in [-0.05, 0) is 24.0 Å². The monoisotopic (exact) mass is 345 g/mol. The molecule has 0 saturated heterocycles. The van der Waals surface area contributed by atoms with Crippen LogP contribution in [0.25, 0.3) is 0 Å². The third-order valence-electron chi connectivity index (χ3n) is 4.22. The Labute approximate surface area is 139 Å². The first-order valence-corrected chi connectivity index (χ1v) is 7.83. The van der Waals surface area contributed by atoms with E-state index in [0.717, 1.165) is 6.07 Å². The van der Waals surface area contributed by atoms with Crippen molar-refractivity contribution in [1.82, 2.24) is 4.90 Å². The lowest BCUT2D eigenvalue weighted by atomic mass is 10.0. The van der Waals surface area contributed by atoms with Crippen LogP contribution in [0.15, 0.2) is 24.3 Å². The topological polar surface area (TPSA) is 38.8 Å². The van der Waals surface area contributed by atoms with Crippen LogP contribution in [0.5, 0.6) is 0 Å². The highest BCUT2D eigenvalue weighted by molar-refractivity contribution is 5.83. The Balaban J connectivity index is 2.09. The van der Waals surface area contributed by atoms with E-state index in [-0.39, 0.29) is 17.4 Å². The van der Waals surface area contributed by atoms with Gasteiger partial charge in [0.05, 0.1) is 18.8 Å². The predicted octanol–water partition coefficient (Wildman–Crippen LogP) is 2.93. The molecule has 0 N–H and O–H groups in total. The number of ether oxygens (including phenoxy) is 2. The van der Waals surface area contributed by atoms with Crippen LogP contribution in [-0.4, -0.2) is 51.3 Å². The summed E-state index contributed by atoms with van der Waals surface area (Å²) in [5.74, 6) is -0.906. The number of benzene rings is 1. The largest absolute Gasteiger partial charge is 0.416 e. The Morgan fingerprint density at radius 1 is 1.17 bits per heavy atom. The number of carbonyl (C=O) groups is 1. The van der Waals surface area contributed by atoms with Crippen molar-refractivity contribution in [3.05, 3.63) is 35.4 Å². The molecule has 1 aromatic carbocycles. The molecule has 2 atom stereocenters. The minimum absolute atomic E-state index is 0.133. The van der Waals surface area contributed by atoms with Gasteiger partial charge in [-0.2, -0.15) is 13.2 Å². The highest BCUT2D eigenvalue weighted by atomic mass is 19.4. The van der Waals surface area contributed by atoms with E-state index in [1.807, 2.05) is 0 Å². The molecule has 1 aliphatic carbocycles. The van der Waals surface area contributed by atoms with Crippen LogP contribution in [0.2, 0.25) is 0 Å². The van der Waals surface area contributed by atoms with Gasteiger partial charge in [0.2, 0.25) is 5.91 Å². The van der Waals surface area contributed by atoms with E-state index in [9.17, 15) is 18.0 Å². The van der Waals surface area contributed by atoms with Gasteiger partial charge in [0.1, 0.15) is 0 Å². The quantitative estimate of drug-likeness (QED) is 0.727. The lowest BCUT2D eigenvalue weighted by Gasteiger charge is -2.22. The van der Waals surface area contributed by atoms with Crippen LogP contribution < -0.4 is 0 Å². The zero-order chi connectivity index (χ0) is 17.7. The molecule has 0 heterocycles. The van der Waals surface area contributed by atoms with E-state index in [1.165, 1.54) is 12.1 Å². The molecule has 1 fully saturated rings. The predicted molar refractivity (Wildman–Crippen MR) is 82.6 cm³/mol. The van der Waals surface area contributed by atoms with Crippen molar-refractivity contribution in [3.63, 3.8) is 0 Å². The van der Waals surface area contributed by atoms with Crippen molar-refractivity contribution in [2.24, 2.45) is 5.92 Å². The van der Waals surface area contributed by atoms with E-state index in [1.54, 1.807) is 25.2 Å². The van der Waals surface area contributed by atoms with Gasteiger partial charge in [-0.1, -0.05) is 18.2 Å². The van der Waals surface area contributed by atoms with Crippen LogP contribution in [-0.2, 0) is 20.4 Å². The Bertz CT molecular complexity index is 554. The Kier molecular flexibility index (Phi) is 6.23. The summed E-state index contributed by atoms with van der Waals surface area (Å²) in [6.45, 7) is 1.57. The number of alkyl halides is 3. The molecular weight excluding hydrogens is 323 g/mol.